The van der Waals surface area contributed by atoms with Crippen molar-refractivity contribution in [2.45, 2.75) is 81.0 Å². The molecule has 0 bridgehead atoms. The van der Waals surface area contributed by atoms with Crippen molar-refractivity contribution < 1.29 is 64.3 Å². The van der Waals surface area contributed by atoms with Crippen LogP contribution < -0.4 is 0 Å². The van der Waals surface area contributed by atoms with Crippen molar-refractivity contribution in [3.8, 4) is 0 Å². The fourth-order valence-corrected chi connectivity index (χ4v) is 3.35. The summed E-state index contributed by atoms with van der Waals surface area (Å²) in [6.07, 6.45) is -13.0. The Kier molecular flexibility index (Phi) is 9.27. The Morgan fingerprint density at radius 2 is 1.55 bits per heavy atom. The van der Waals surface area contributed by atoms with Crippen molar-refractivity contribution in [2.75, 3.05) is 19.8 Å². The van der Waals surface area contributed by atoms with E-state index in [0.29, 0.717) is 0 Å². The first-order chi connectivity index (χ1) is 14.6. The lowest BCUT2D eigenvalue weighted by Crippen LogP contribution is -2.62. The minimum atomic E-state index is -2.31. The van der Waals surface area contributed by atoms with Gasteiger partial charge < -0.3 is 59.5 Å². The van der Waals surface area contributed by atoms with Crippen LogP contribution >= 0.6 is 0 Å². The maximum Gasteiger partial charge on any atom is 0.305 e. The lowest BCUT2D eigenvalue weighted by atomic mass is 9.99. The third-order valence-corrected chi connectivity index (χ3v) is 5.19. The molecule has 2 aliphatic rings. The number of ether oxygens (including phenoxy) is 4. The Morgan fingerprint density at radius 1 is 0.903 bits per heavy atom. The number of carbonyl (C=O) groups excluding carboxylic acids is 2. The minimum Gasteiger partial charge on any atom is -0.460 e. The highest BCUT2D eigenvalue weighted by Gasteiger charge is 2.59. The smallest absolute Gasteiger partial charge is 0.305 e. The zero-order valence-electron chi connectivity index (χ0n) is 16.9. The third kappa shape index (κ3) is 5.96. The van der Waals surface area contributed by atoms with Gasteiger partial charge in [0.1, 0.15) is 55.1 Å². The van der Waals surface area contributed by atoms with Gasteiger partial charge in [0.05, 0.1) is 13.2 Å². The molecule has 0 amide bonds. The monoisotopic (exact) mass is 454 g/mol. The molecule has 9 atom stereocenters. The second-order valence-electron chi connectivity index (χ2n) is 7.62. The fraction of sp³-hybridized carbons (Fsp3) is 0.889. The van der Waals surface area contributed by atoms with E-state index in [1.165, 1.54) is 6.92 Å². The summed E-state index contributed by atoms with van der Waals surface area (Å²) in [4.78, 5) is 23.0. The van der Waals surface area contributed by atoms with E-state index in [-0.39, 0.29) is 25.0 Å². The van der Waals surface area contributed by atoms with Crippen LogP contribution in [-0.2, 0) is 28.5 Å². The molecule has 2 rings (SSSR count). The molecule has 0 radical (unpaired) electrons. The second kappa shape index (κ2) is 11.0. The molecule has 0 unspecified atom stereocenters. The predicted octanol–water partition coefficient (Wildman–Crippen LogP) is -4.09. The van der Waals surface area contributed by atoms with Crippen molar-refractivity contribution in [3.63, 3.8) is 0 Å². The summed E-state index contributed by atoms with van der Waals surface area (Å²) in [6.45, 7) is -0.901. The molecule has 0 aromatic rings. The molecule has 13 nitrogen and oxygen atoms in total. The molecule has 31 heavy (non-hydrogen) atoms. The van der Waals surface area contributed by atoms with Crippen molar-refractivity contribution in [1.82, 2.24) is 0 Å². The standard InChI is InChI=1S/C18H30O13/c1-8(21)3-2-4-11(22)28-7-18(16(27)13(24)10(6-20)30-18)31-17-15(26)14(25)12(23)9(5-19)29-17/h9-10,12-17,19-20,23-27H,2-7H2,1H3/t9-,10-,12-,13-,14+,15-,16+,17-,18+/m1/s1. The highest BCUT2D eigenvalue weighted by molar-refractivity contribution is 5.76. The molecule has 0 saturated carbocycles. The predicted molar refractivity (Wildman–Crippen MR) is 97.0 cm³/mol. The number of aliphatic hydroxyl groups excluding tert-OH is 7. The summed E-state index contributed by atoms with van der Waals surface area (Å²) in [7, 11) is 0. The molecular weight excluding hydrogens is 424 g/mol. The first kappa shape index (κ1) is 26.0. The zero-order chi connectivity index (χ0) is 23.3. The van der Waals surface area contributed by atoms with Crippen LogP contribution in [0.15, 0.2) is 0 Å². The topological polar surface area (TPSA) is 213 Å². The number of ketones is 1. The summed E-state index contributed by atoms with van der Waals surface area (Å²) < 4.78 is 21.2. The number of hydrogen-bond donors (Lipinski definition) is 7. The Hall–Kier alpha value is -1.26. The van der Waals surface area contributed by atoms with Gasteiger partial charge in [-0.15, -0.1) is 0 Å². The van der Waals surface area contributed by atoms with E-state index < -0.39 is 80.6 Å². The van der Waals surface area contributed by atoms with E-state index in [9.17, 15) is 45.3 Å². The van der Waals surface area contributed by atoms with Crippen molar-refractivity contribution in [3.05, 3.63) is 0 Å². The lowest BCUT2D eigenvalue weighted by molar-refractivity contribution is -0.383. The highest BCUT2D eigenvalue weighted by atomic mass is 16.8. The summed E-state index contributed by atoms with van der Waals surface area (Å²) >= 11 is 0. The molecule has 2 heterocycles. The van der Waals surface area contributed by atoms with Gasteiger partial charge in [-0.2, -0.15) is 0 Å². The van der Waals surface area contributed by atoms with Gasteiger partial charge in [0.25, 0.3) is 0 Å². The Labute approximate surface area is 177 Å². The van der Waals surface area contributed by atoms with Crippen LogP contribution in [0.5, 0.6) is 0 Å². The van der Waals surface area contributed by atoms with Gasteiger partial charge in [-0.1, -0.05) is 0 Å². The number of aliphatic hydroxyl groups is 7. The Bertz CT molecular complexity index is 613. The van der Waals surface area contributed by atoms with E-state index in [4.69, 9.17) is 18.9 Å². The largest absolute Gasteiger partial charge is 0.460 e. The molecule has 0 aliphatic carbocycles. The van der Waals surface area contributed by atoms with E-state index in [0.717, 1.165) is 0 Å². The van der Waals surface area contributed by atoms with Gasteiger partial charge in [-0.05, 0) is 13.3 Å². The summed E-state index contributed by atoms with van der Waals surface area (Å²) in [5, 5.41) is 69.3. The van der Waals surface area contributed by atoms with Crippen molar-refractivity contribution in [2.24, 2.45) is 0 Å². The second-order valence-corrected chi connectivity index (χ2v) is 7.62. The van der Waals surface area contributed by atoms with Gasteiger partial charge in [0.15, 0.2) is 6.29 Å². The third-order valence-electron chi connectivity index (χ3n) is 5.19. The normalized spacial score (nSPS) is 40.6. The SMILES string of the molecule is CC(=O)CCCC(=O)OC[C@@]1(O[C@H]2O[C@H](CO)[C@@H](O)[C@H](O)[C@H]2O)O[C@H](CO)[C@@H](O)[C@@H]1O. The average molecular weight is 454 g/mol. The van der Waals surface area contributed by atoms with Crippen LogP contribution in [0.2, 0.25) is 0 Å². The van der Waals surface area contributed by atoms with Gasteiger partial charge in [0.2, 0.25) is 5.79 Å². The molecule has 13 heteroatoms. The van der Waals surface area contributed by atoms with Crippen molar-refractivity contribution in [1.29, 1.82) is 0 Å². The first-order valence-corrected chi connectivity index (χ1v) is 9.84. The Balaban J connectivity index is 2.15. The minimum absolute atomic E-state index is 0.112. The molecule has 2 fully saturated rings. The number of hydrogen-bond acceptors (Lipinski definition) is 13. The van der Waals surface area contributed by atoms with Gasteiger partial charge in [-0.25, -0.2) is 0 Å². The number of esters is 1. The maximum atomic E-state index is 12.0. The molecule has 0 spiro atoms. The van der Waals surface area contributed by atoms with Gasteiger partial charge >= 0.3 is 5.97 Å². The fourth-order valence-electron chi connectivity index (χ4n) is 3.35. The lowest BCUT2D eigenvalue weighted by Gasteiger charge is -2.43. The van der Waals surface area contributed by atoms with Crippen LogP contribution in [-0.4, -0.2) is 122 Å². The molecule has 0 aromatic heterocycles. The van der Waals surface area contributed by atoms with E-state index in [2.05, 4.69) is 0 Å². The molecule has 180 valence electrons. The molecule has 2 saturated heterocycles. The van der Waals surface area contributed by atoms with Gasteiger partial charge in [-0.3, -0.25) is 4.79 Å². The Morgan fingerprint density at radius 3 is 2.10 bits per heavy atom. The molecule has 7 N–H and O–H groups in total. The van der Waals surface area contributed by atoms with Crippen LogP contribution in [0.1, 0.15) is 26.2 Å². The highest BCUT2D eigenvalue weighted by Crippen LogP contribution is 2.36. The number of rotatable bonds is 10. The van der Waals surface area contributed by atoms with E-state index >= 15 is 0 Å². The zero-order valence-corrected chi connectivity index (χ0v) is 16.9. The van der Waals surface area contributed by atoms with Crippen LogP contribution in [0.25, 0.3) is 0 Å². The summed E-state index contributed by atoms with van der Waals surface area (Å²) in [6, 6.07) is 0. The van der Waals surface area contributed by atoms with Crippen molar-refractivity contribution >= 4 is 11.8 Å². The van der Waals surface area contributed by atoms with Crippen LogP contribution in [0, 0.1) is 0 Å². The maximum absolute atomic E-state index is 12.0. The van der Waals surface area contributed by atoms with E-state index in [1.54, 1.807) is 0 Å². The quantitative estimate of drug-likeness (QED) is 0.157. The van der Waals surface area contributed by atoms with E-state index in [1.807, 2.05) is 0 Å². The molecular formula is C18H30O13. The average Bonchev–Trinajstić information content (AvgIpc) is 2.97. The van der Waals surface area contributed by atoms with Crippen LogP contribution in [0.3, 0.4) is 0 Å². The number of Topliss-reactive ketones (excluding diaryl/α,β-unsaturated/α-hetero) is 1. The first-order valence-electron chi connectivity index (χ1n) is 9.84. The summed E-state index contributed by atoms with van der Waals surface area (Å²) in [5.74, 6) is -3.19. The van der Waals surface area contributed by atoms with Crippen LogP contribution in [0.4, 0.5) is 0 Å². The summed E-state index contributed by atoms with van der Waals surface area (Å²) in [5.41, 5.74) is 0. The molecule has 2 aliphatic heterocycles. The molecule has 0 aromatic carbocycles. The number of carbonyl (C=O) groups is 2. The van der Waals surface area contributed by atoms with Gasteiger partial charge in [0, 0.05) is 12.8 Å².